The minimum Gasteiger partial charge on any atom is -0.420 e. The van der Waals surface area contributed by atoms with Crippen LogP contribution < -0.4 is 0 Å². The molecule has 0 aliphatic heterocycles. The van der Waals surface area contributed by atoms with E-state index < -0.39 is 0 Å². The van der Waals surface area contributed by atoms with Gasteiger partial charge in [0.2, 0.25) is 11.8 Å². The Morgan fingerprint density at radius 3 is 2.93 bits per heavy atom. The van der Waals surface area contributed by atoms with Gasteiger partial charge in [0.15, 0.2) is 0 Å². The Morgan fingerprint density at radius 2 is 2.10 bits per heavy atom. The van der Waals surface area contributed by atoms with Crippen LogP contribution in [0.1, 0.15) is 17.0 Å². The molecule has 8 nitrogen and oxygen atoms in total. The molecule has 0 aliphatic carbocycles. The fourth-order valence-electron chi connectivity index (χ4n) is 3.27. The van der Waals surface area contributed by atoms with Crippen molar-refractivity contribution in [2.45, 2.75) is 6.42 Å². The lowest BCUT2D eigenvalue weighted by Gasteiger charge is -1.99. The number of benzene rings is 1. The zero-order valence-corrected chi connectivity index (χ0v) is 15.5. The molecule has 5 rings (SSSR count). The number of nitrogens with one attached hydrogen (secondary N) is 1. The molecule has 4 aromatic heterocycles. The van der Waals surface area contributed by atoms with Gasteiger partial charge in [-0.05, 0) is 23.8 Å². The lowest BCUT2D eigenvalue weighted by molar-refractivity contribution is 0.518. The normalized spacial score (nSPS) is 11.0. The second kappa shape index (κ2) is 6.73. The van der Waals surface area contributed by atoms with Crippen molar-refractivity contribution in [3.05, 3.63) is 72.1 Å². The number of fused-ring (bicyclic) bond motifs is 1. The number of nitriles is 1. The number of pyridine rings is 1. The Labute approximate surface area is 165 Å². The van der Waals surface area contributed by atoms with Crippen molar-refractivity contribution in [3.63, 3.8) is 0 Å². The predicted molar refractivity (Wildman–Crippen MR) is 106 cm³/mol. The summed E-state index contributed by atoms with van der Waals surface area (Å²) in [6, 6.07) is 11.5. The van der Waals surface area contributed by atoms with Gasteiger partial charge in [-0.25, -0.2) is 4.98 Å². The summed E-state index contributed by atoms with van der Waals surface area (Å²) in [4.78, 5) is 7.64. The lowest BCUT2D eigenvalue weighted by atomic mass is 10.1. The number of aromatic nitrogens is 6. The number of rotatable bonds is 4. The fraction of sp³-hybridized carbons (Fsp3) is 0.0952. The first kappa shape index (κ1) is 16.9. The molecule has 1 N–H and O–H groups in total. The Bertz CT molecular complexity index is 1370. The van der Waals surface area contributed by atoms with E-state index in [0.29, 0.717) is 23.8 Å². The van der Waals surface area contributed by atoms with E-state index in [-0.39, 0.29) is 0 Å². The Kier molecular flexibility index (Phi) is 3.92. The molecule has 29 heavy (non-hydrogen) atoms. The maximum atomic E-state index is 9.05. The van der Waals surface area contributed by atoms with Crippen LogP contribution in [0.3, 0.4) is 0 Å². The van der Waals surface area contributed by atoms with Crippen molar-refractivity contribution in [3.8, 4) is 28.7 Å². The van der Waals surface area contributed by atoms with Gasteiger partial charge >= 0.3 is 0 Å². The van der Waals surface area contributed by atoms with Crippen LogP contribution in [0.4, 0.5) is 0 Å². The van der Waals surface area contributed by atoms with Crippen LogP contribution in [-0.4, -0.2) is 29.9 Å². The third-order valence-electron chi connectivity index (χ3n) is 4.68. The van der Waals surface area contributed by atoms with Crippen molar-refractivity contribution >= 4 is 11.0 Å². The van der Waals surface area contributed by atoms with Crippen LogP contribution in [0, 0.1) is 11.3 Å². The van der Waals surface area contributed by atoms with Gasteiger partial charge in [0.1, 0.15) is 5.65 Å². The highest BCUT2D eigenvalue weighted by atomic mass is 16.4. The van der Waals surface area contributed by atoms with E-state index >= 15 is 0 Å². The summed E-state index contributed by atoms with van der Waals surface area (Å²) in [6.07, 6.45) is 7.83. The van der Waals surface area contributed by atoms with Crippen molar-refractivity contribution < 1.29 is 4.42 Å². The first-order valence-corrected chi connectivity index (χ1v) is 8.97. The minimum absolute atomic E-state index is 0.424. The van der Waals surface area contributed by atoms with Gasteiger partial charge in [-0.1, -0.05) is 12.1 Å². The van der Waals surface area contributed by atoms with Gasteiger partial charge in [-0.2, -0.15) is 10.4 Å². The molecule has 0 atom stereocenters. The van der Waals surface area contributed by atoms with Crippen molar-refractivity contribution in [2.75, 3.05) is 0 Å². The molecule has 0 radical (unpaired) electrons. The van der Waals surface area contributed by atoms with Crippen LogP contribution in [-0.2, 0) is 13.5 Å². The molecule has 0 spiro atoms. The van der Waals surface area contributed by atoms with E-state index in [4.69, 9.17) is 9.68 Å². The van der Waals surface area contributed by atoms with E-state index in [9.17, 15) is 0 Å². The molecule has 0 unspecified atom stereocenters. The first-order valence-electron chi connectivity index (χ1n) is 8.97. The van der Waals surface area contributed by atoms with Crippen molar-refractivity contribution in [1.29, 1.82) is 5.26 Å². The van der Waals surface area contributed by atoms with E-state index in [2.05, 4.69) is 31.3 Å². The Morgan fingerprint density at radius 1 is 1.17 bits per heavy atom. The largest absolute Gasteiger partial charge is 0.420 e. The summed E-state index contributed by atoms with van der Waals surface area (Å²) < 4.78 is 7.65. The zero-order chi connectivity index (χ0) is 19.8. The molecule has 0 fully saturated rings. The Hall–Kier alpha value is -4.25. The van der Waals surface area contributed by atoms with E-state index in [1.54, 1.807) is 23.1 Å². The average molecular weight is 381 g/mol. The van der Waals surface area contributed by atoms with Crippen LogP contribution in [0.15, 0.2) is 59.5 Å². The highest BCUT2D eigenvalue weighted by molar-refractivity contribution is 5.93. The molecular weight excluding hydrogens is 366 g/mol. The Balaban J connectivity index is 1.49. The second-order valence-corrected chi connectivity index (χ2v) is 6.72. The van der Waals surface area contributed by atoms with E-state index in [1.165, 1.54) is 0 Å². The monoisotopic (exact) mass is 381 g/mol. The van der Waals surface area contributed by atoms with Crippen LogP contribution in [0.25, 0.3) is 33.6 Å². The highest BCUT2D eigenvalue weighted by Crippen LogP contribution is 2.30. The SMILES string of the molecule is Cn1cc(-c2cnc3[nH]cc(-c4nnc(Cc5cccc(C#N)c5)o4)c3c2)cn1. The third kappa shape index (κ3) is 3.15. The van der Waals surface area contributed by atoms with Gasteiger partial charge in [0.25, 0.3) is 0 Å². The average Bonchev–Trinajstić information content (AvgIpc) is 3.47. The molecule has 0 saturated heterocycles. The smallest absolute Gasteiger partial charge is 0.249 e. The number of aryl methyl sites for hydroxylation is 1. The molecule has 1 aromatic carbocycles. The fourth-order valence-corrected chi connectivity index (χ4v) is 3.27. The number of nitrogens with zero attached hydrogens (tertiary/aromatic N) is 6. The molecule has 0 saturated carbocycles. The van der Waals surface area contributed by atoms with Crippen LogP contribution in [0.5, 0.6) is 0 Å². The molecule has 140 valence electrons. The minimum atomic E-state index is 0.424. The standard InChI is InChI=1S/C21H15N7O/c1-28-12-16(10-25-28)15-7-17-18(11-24-20(17)23-9-15)21-27-26-19(29-21)6-13-3-2-4-14(5-13)8-22/h2-5,7,9-12H,6H2,1H3,(H,23,24). The summed E-state index contributed by atoms with van der Waals surface area (Å²) in [5, 5.41) is 22.5. The van der Waals surface area contributed by atoms with E-state index in [1.807, 2.05) is 43.7 Å². The summed E-state index contributed by atoms with van der Waals surface area (Å²) in [7, 11) is 1.88. The molecule has 8 heteroatoms. The number of H-pyrrole nitrogens is 1. The topological polar surface area (TPSA) is 109 Å². The van der Waals surface area contributed by atoms with E-state index in [0.717, 1.165) is 33.3 Å². The van der Waals surface area contributed by atoms with Gasteiger partial charge in [-0.3, -0.25) is 4.68 Å². The van der Waals surface area contributed by atoms with Gasteiger partial charge in [0.05, 0.1) is 29.8 Å². The third-order valence-corrected chi connectivity index (χ3v) is 4.68. The first-order chi connectivity index (χ1) is 14.2. The summed E-state index contributed by atoms with van der Waals surface area (Å²) in [5.41, 5.74) is 5.03. The zero-order valence-electron chi connectivity index (χ0n) is 15.5. The highest BCUT2D eigenvalue weighted by Gasteiger charge is 2.15. The molecule has 0 aliphatic rings. The predicted octanol–water partition coefficient (Wildman–Crippen LogP) is 3.48. The maximum absolute atomic E-state index is 9.05. The summed E-state index contributed by atoms with van der Waals surface area (Å²) in [6.45, 7) is 0. The van der Waals surface area contributed by atoms with Crippen molar-refractivity contribution in [1.82, 2.24) is 29.9 Å². The number of aromatic amines is 1. The number of hydrogen-bond acceptors (Lipinski definition) is 6. The number of hydrogen-bond donors (Lipinski definition) is 1. The summed E-state index contributed by atoms with van der Waals surface area (Å²) >= 11 is 0. The molecule has 0 amide bonds. The van der Waals surface area contributed by atoms with Gasteiger partial charge < -0.3 is 9.40 Å². The quantitative estimate of drug-likeness (QED) is 0.510. The second-order valence-electron chi connectivity index (χ2n) is 6.72. The van der Waals surface area contributed by atoms with Crippen molar-refractivity contribution in [2.24, 2.45) is 7.05 Å². The van der Waals surface area contributed by atoms with Crippen LogP contribution in [0.2, 0.25) is 0 Å². The molecular formula is C21H15N7O. The van der Waals surface area contributed by atoms with Gasteiger partial charge in [0, 0.05) is 42.2 Å². The van der Waals surface area contributed by atoms with Gasteiger partial charge in [-0.15, -0.1) is 10.2 Å². The maximum Gasteiger partial charge on any atom is 0.249 e. The lowest BCUT2D eigenvalue weighted by Crippen LogP contribution is -1.89. The summed E-state index contributed by atoms with van der Waals surface area (Å²) in [5.74, 6) is 0.911. The molecule has 4 heterocycles. The van der Waals surface area contributed by atoms with Crippen LogP contribution >= 0.6 is 0 Å². The molecule has 0 bridgehead atoms. The molecule has 5 aromatic rings.